The summed E-state index contributed by atoms with van der Waals surface area (Å²) in [6.45, 7) is 4.18. The Kier molecular flexibility index (Phi) is 8.07. The number of rotatable bonds is 4. The van der Waals surface area contributed by atoms with E-state index in [9.17, 15) is 4.39 Å². The smallest absolute Gasteiger partial charge is 0.189 e. The Labute approximate surface area is 129 Å². The van der Waals surface area contributed by atoms with Crippen molar-refractivity contribution in [2.75, 3.05) is 0 Å². The van der Waals surface area contributed by atoms with Crippen LogP contribution in [0.1, 0.15) is 31.4 Å². The largest absolute Gasteiger partial charge is 0.370 e. The molecule has 0 fully saturated rings. The molecule has 3 N–H and O–H groups in total. The second kappa shape index (κ2) is 8.69. The zero-order valence-electron chi connectivity index (χ0n) is 11.0. The first-order valence-corrected chi connectivity index (χ1v) is 5.81. The van der Waals surface area contributed by atoms with Crippen LogP contribution in [-0.4, -0.2) is 12.0 Å². The maximum absolute atomic E-state index is 13.5. The number of benzene rings is 1. The first-order valence-electron chi connectivity index (χ1n) is 5.81. The van der Waals surface area contributed by atoms with Crippen molar-refractivity contribution < 1.29 is 4.39 Å². The number of hydrogen-bond acceptors (Lipinski definition) is 2. The lowest BCUT2D eigenvalue weighted by molar-refractivity contribution is 0.608. The van der Waals surface area contributed by atoms with Crippen LogP contribution < -0.4 is 11.1 Å². The second-order valence-electron chi connectivity index (χ2n) is 4.07. The van der Waals surface area contributed by atoms with Gasteiger partial charge in [-0.2, -0.15) is 5.26 Å². The minimum atomic E-state index is -0.436. The van der Waals surface area contributed by atoms with Crippen LogP contribution >= 0.6 is 24.0 Å². The predicted molar refractivity (Wildman–Crippen MR) is 84.7 cm³/mol. The lowest BCUT2D eigenvalue weighted by Crippen LogP contribution is -2.38. The van der Waals surface area contributed by atoms with Crippen LogP contribution in [0.4, 0.5) is 4.39 Å². The van der Waals surface area contributed by atoms with Crippen molar-refractivity contribution in [3.63, 3.8) is 0 Å². The van der Waals surface area contributed by atoms with Crippen LogP contribution in [0.25, 0.3) is 0 Å². The molecule has 0 saturated carbocycles. The fraction of sp³-hybridized carbons (Fsp3) is 0.385. The number of nitrogens with zero attached hydrogens (tertiary/aromatic N) is 2. The molecule has 0 amide bonds. The summed E-state index contributed by atoms with van der Waals surface area (Å²) in [7, 11) is 0. The summed E-state index contributed by atoms with van der Waals surface area (Å²) in [6, 6.07) is 6.43. The molecule has 104 valence electrons. The molecule has 1 unspecified atom stereocenters. The van der Waals surface area contributed by atoms with Crippen molar-refractivity contribution in [3.8, 4) is 6.07 Å². The van der Waals surface area contributed by atoms with Gasteiger partial charge in [0.2, 0.25) is 0 Å². The molecule has 1 aromatic rings. The number of guanidine groups is 1. The van der Waals surface area contributed by atoms with E-state index in [4.69, 9.17) is 11.0 Å². The van der Waals surface area contributed by atoms with E-state index in [2.05, 4.69) is 10.3 Å². The summed E-state index contributed by atoms with van der Waals surface area (Å²) in [5.41, 5.74) is 6.38. The molecule has 0 aliphatic carbocycles. The maximum Gasteiger partial charge on any atom is 0.189 e. The summed E-state index contributed by atoms with van der Waals surface area (Å²) in [5.74, 6) is -0.137. The normalized spacial score (nSPS) is 12.2. The molecule has 1 atom stereocenters. The molecular formula is C13H18FIN4. The Balaban J connectivity index is 0.00000324. The predicted octanol–water partition coefficient (Wildman–Crippen LogP) is 2.52. The Morgan fingerprint density at radius 2 is 2.26 bits per heavy atom. The van der Waals surface area contributed by atoms with Gasteiger partial charge in [-0.1, -0.05) is 13.0 Å². The highest BCUT2D eigenvalue weighted by Gasteiger charge is 2.04. The van der Waals surface area contributed by atoms with Gasteiger partial charge in [-0.05, 0) is 25.5 Å². The highest BCUT2D eigenvalue weighted by atomic mass is 127. The van der Waals surface area contributed by atoms with Gasteiger partial charge in [-0.3, -0.25) is 0 Å². The topological polar surface area (TPSA) is 74.2 Å². The van der Waals surface area contributed by atoms with Crippen molar-refractivity contribution in [1.29, 1.82) is 5.26 Å². The second-order valence-corrected chi connectivity index (χ2v) is 4.07. The first kappa shape index (κ1) is 17.6. The van der Waals surface area contributed by atoms with Crippen molar-refractivity contribution in [2.45, 2.75) is 32.9 Å². The van der Waals surface area contributed by atoms with E-state index in [1.165, 1.54) is 6.07 Å². The zero-order chi connectivity index (χ0) is 13.5. The van der Waals surface area contributed by atoms with E-state index >= 15 is 0 Å². The van der Waals surface area contributed by atoms with Gasteiger partial charge in [0.1, 0.15) is 5.82 Å². The van der Waals surface area contributed by atoms with Crippen LogP contribution in [-0.2, 0) is 6.54 Å². The molecule has 0 aliphatic rings. The van der Waals surface area contributed by atoms with E-state index < -0.39 is 5.82 Å². The van der Waals surface area contributed by atoms with Gasteiger partial charge in [-0.15, -0.1) is 24.0 Å². The lowest BCUT2D eigenvalue weighted by atomic mass is 10.1. The minimum Gasteiger partial charge on any atom is -0.370 e. The summed E-state index contributed by atoms with van der Waals surface area (Å²) in [4.78, 5) is 4.06. The molecule has 6 heteroatoms. The third kappa shape index (κ3) is 5.87. The molecule has 0 radical (unpaired) electrons. The van der Waals surface area contributed by atoms with E-state index in [0.717, 1.165) is 6.42 Å². The Morgan fingerprint density at radius 1 is 1.58 bits per heavy atom. The van der Waals surface area contributed by atoms with Crippen molar-refractivity contribution >= 4 is 29.9 Å². The van der Waals surface area contributed by atoms with Crippen molar-refractivity contribution in [1.82, 2.24) is 5.32 Å². The van der Waals surface area contributed by atoms with Crippen LogP contribution in [0.3, 0.4) is 0 Å². The van der Waals surface area contributed by atoms with Gasteiger partial charge in [0, 0.05) is 11.6 Å². The number of nitrogens with one attached hydrogen (secondary N) is 1. The van der Waals surface area contributed by atoms with Gasteiger partial charge < -0.3 is 11.1 Å². The summed E-state index contributed by atoms with van der Waals surface area (Å²) in [6.07, 6.45) is 0.932. The number of aliphatic imine (C=N–C) groups is 1. The average Bonchev–Trinajstić information content (AvgIpc) is 2.36. The Hall–Kier alpha value is -1.36. The molecule has 1 rings (SSSR count). The zero-order valence-corrected chi connectivity index (χ0v) is 13.3. The number of nitrogens with two attached hydrogens (primary N) is 1. The maximum atomic E-state index is 13.5. The highest BCUT2D eigenvalue weighted by molar-refractivity contribution is 14.0. The first-order chi connectivity index (χ1) is 8.56. The summed E-state index contributed by atoms with van der Waals surface area (Å²) in [5, 5.41) is 11.6. The van der Waals surface area contributed by atoms with Crippen molar-refractivity contribution in [2.24, 2.45) is 10.7 Å². The minimum absolute atomic E-state index is 0. The Morgan fingerprint density at radius 3 is 2.79 bits per heavy atom. The quantitative estimate of drug-likeness (QED) is 0.482. The molecule has 0 heterocycles. The third-order valence-electron chi connectivity index (χ3n) is 2.61. The molecule has 19 heavy (non-hydrogen) atoms. The van der Waals surface area contributed by atoms with Gasteiger partial charge in [0.15, 0.2) is 5.96 Å². The van der Waals surface area contributed by atoms with Crippen LogP contribution in [0.15, 0.2) is 23.2 Å². The standard InChI is InChI=1S/C13H17FN4.HI/c1-3-9(2)18-13(16)17-8-11-5-4-10(7-15)6-12(11)14;/h4-6,9H,3,8H2,1-2H3,(H3,16,17,18);1H. The number of halogens is 2. The molecule has 0 spiro atoms. The van der Waals surface area contributed by atoms with Crippen LogP contribution in [0.5, 0.6) is 0 Å². The van der Waals surface area contributed by atoms with E-state index in [1.54, 1.807) is 12.1 Å². The molecule has 0 bridgehead atoms. The van der Waals surface area contributed by atoms with Gasteiger partial charge >= 0.3 is 0 Å². The van der Waals surface area contributed by atoms with Crippen molar-refractivity contribution in [3.05, 3.63) is 35.1 Å². The average molecular weight is 376 g/mol. The van der Waals surface area contributed by atoms with E-state index in [1.807, 2.05) is 19.9 Å². The number of hydrogen-bond donors (Lipinski definition) is 2. The third-order valence-corrected chi connectivity index (χ3v) is 2.61. The molecule has 0 aliphatic heterocycles. The molecule has 4 nitrogen and oxygen atoms in total. The number of nitriles is 1. The fourth-order valence-electron chi connectivity index (χ4n) is 1.32. The van der Waals surface area contributed by atoms with Gasteiger partial charge in [0.25, 0.3) is 0 Å². The lowest BCUT2D eigenvalue weighted by Gasteiger charge is -2.11. The molecular weight excluding hydrogens is 358 g/mol. The SMILES string of the molecule is CCC(C)NC(N)=NCc1ccc(C#N)cc1F.I. The fourth-order valence-corrected chi connectivity index (χ4v) is 1.32. The summed E-state index contributed by atoms with van der Waals surface area (Å²) < 4.78 is 13.5. The van der Waals surface area contributed by atoms with Crippen LogP contribution in [0, 0.1) is 17.1 Å². The van der Waals surface area contributed by atoms with E-state index in [-0.39, 0.29) is 36.6 Å². The van der Waals surface area contributed by atoms with E-state index in [0.29, 0.717) is 17.1 Å². The molecule has 0 saturated heterocycles. The molecule has 0 aromatic heterocycles. The van der Waals surface area contributed by atoms with Gasteiger partial charge in [0.05, 0.1) is 18.2 Å². The Bertz CT molecular complexity index is 482. The summed E-state index contributed by atoms with van der Waals surface area (Å²) >= 11 is 0. The van der Waals surface area contributed by atoms with Gasteiger partial charge in [-0.25, -0.2) is 9.38 Å². The van der Waals surface area contributed by atoms with Crippen LogP contribution in [0.2, 0.25) is 0 Å². The molecule has 1 aromatic carbocycles. The highest BCUT2D eigenvalue weighted by Crippen LogP contribution is 2.10. The monoisotopic (exact) mass is 376 g/mol.